The van der Waals surface area contributed by atoms with E-state index in [0.717, 1.165) is 5.56 Å². The van der Waals surface area contributed by atoms with Crippen molar-refractivity contribution in [1.82, 2.24) is 20.4 Å². The van der Waals surface area contributed by atoms with Gasteiger partial charge in [0.15, 0.2) is 0 Å². The molecule has 0 bridgehead atoms. The summed E-state index contributed by atoms with van der Waals surface area (Å²) in [6, 6.07) is 9.53. The summed E-state index contributed by atoms with van der Waals surface area (Å²) < 4.78 is 42.5. The van der Waals surface area contributed by atoms with Gasteiger partial charge in [0.2, 0.25) is 5.89 Å². The van der Waals surface area contributed by atoms with Crippen LogP contribution in [0.15, 0.2) is 34.7 Å². The van der Waals surface area contributed by atoms with Crippen LogP contribution in [0.2, 0.25) is 0 Å². The number of carbonyl (C=O) groups is 1. The molecule has 1 unspecified atom stereocenters. The Hall–Kier alpha value is -2.58. The Morgan fingerprint density at radius 2 is 2.04 bits per heavy atom. The van der Waals surface area contributed by atoms with Gasteiger partial charge in [0.05, 0.1) is 5.92 Å². The number of benzene rings is 1. The van der Waals surface area contributed by atoms with E-state index in [9.17, 15) is 18.0 Å². The standard InChI is InChI=1S/C17H19F3N4O2/c18-17(19,20)15-23-22-14(26-15)13-7-4-10-24(11-13)16(25)21-9-8-12-5-2-1-3-6-12/h1-3,5-6,13H,4,7-11H2,(H,21,25). The number of nitrogens with zero attached hydrogens (tertiary/aromatic N) is 3. The lowest BCUT2D eigenvalue weighted by molar-refractivity contribution is -0.157. The third-order valence-electron chi connectivity index (χ3n) is 4.27. The summed E-state index contributed by atoms with van der Waals surface area (Å²) in [6.45, 7) is 1.30. The van der Waals surface area contributed by atoms with Crippen LogP contribution in [0, 0.1) is 0 Å². The number of urea groups is 1. The maximum Gasteiger partial charge on any atom is 0.470 e. The third kappa shape index (κ3) is 4.53. The van der Waals surface area contributed by atoms with Crippen molar-refractivity contribution in [3.8, 4) is 0 Å². The van der Waals surface area contributed by atoms with Crippen molar-refractivity contribution in [2.45, 2.75) is 31.4 Å². The predicted octanol–water partition coefficient (Wildman–Crippen LogP) is 3.22. The van der Waals surface area contributed by atoms with Crippen LogP contribution in [0.5, 0.6) is 0 Å². The van der Waals surface area contributed by atoms with Gasteiger partial charge in [-0.2, -0.15) is 13.2 Å². The first-order valence-electron chi connectivity index (χ1n) is 8.41. The van der Waals surface area contributed by atoms with Gasteiger partial charge in [-0.25, -0.2) is 4.79 Å². The van der Waals surface area contributed by atoms with E-state index in [4.69, 9.17) is 4.42 Å². The Kier molecular flexibility index (Phi) is 5.43. The summed E-state index contributed by atoms with van der Waals surface area (Å²) in [7, 11) is 0. The van der Waals surface area contributed by atoms with Crippen LogP contribution in [0.25, 0.3) is 0 Å². The zero-order chi connectivity index (χ0) is 18.6. The van der Waals surface area contributed by atoms with Crippen molar-refractivity contribution in [3.63, 3.8) is 0 Å². The number of hydrogen-bond donors (Lipinski definition) is 1. The van der Waals surface area contributed by atoms with E-state index in [1.165, 1.54) is 0 Å². The van der Waals surface area contributed by atoms with E-state index in [-0.39, 0.29) is 24.4 Å². The molecule has 6 nitrogen and oxygen atoms in total. The topological polar surface area (TPSA) is 71.3 Å². The van der Waals surface area contributed by atoms with E-state index in [1.807, 2.05) is 30.3 Å². The van der Waals surface area contributed by atoms with Crippen molar-refractivity contribution in [1.29, 1.82) is 0 Å². The number of alkyl halides is 3. The molecule has 2 amide bonds. The molecule has 1 saturated heterocycles. The highest BCUT2D eigenvalue weighted by Gasteiger charge is 2.39. The SMILES string of the molecule is O=C(NCCc1ccccc1)N1CCCC(c2nnc(C(F)(F)F)o2)C1. The number of rotatable bonds is 4. The Morgan fingerprint density at radius 3 is 2.73 bits per heavy atom. The van der Waals surface area contributed by atoms with Gasteiger partial charge in [-0.15, -0.1) is 10.2 Å². The fraction of sp³-hybridized carbons (Fsp3) is 0.471. The van der Waals surface area contributed by atoms with Crippen LogP contribution in [-0.4, -0.2) is 40.8 Å². The molecular weight excluding hydrogens is 349 g/mol. The van der Waals surface area contributed by atoms with E-state index < -0.39 is 12.1 Å². The number of likely N-dealkylation sites (tertiary alicyclic amines) is 1. The van der Waals surface area contributed by atoms with Gasteiger partial charge in [-0.1, -0.05) is 30.3 Å². The summed E-state index contributed by atoms with van der Waals surface area (Å²) in [4.78, 5) is 13.9. The molecule has 1 atom stereocenters. The lowest BCUT2D eigenvalue weighted by atomic mass is 9.98. The fourth-order valence-corrected chi connectivity index (χ4v) is 2.95. The van der Waals surface area contributed by atoms with Crippen molar-refractivity contribution >= 4 is 6.03 Å². The van der Waals surface area contributed by atoms with Crippen molar-refractivity contribution in [2.24, 2.45) is 0 Å². The zero-order valence-electron chi connectivity index (χ0n) is 14.0. The van der Waals surface area contributed by atoms with Gasteiger partial charge in [-0.3, -0.25) is 0 Å². The van der Waals surface area contributed by atoms with Crippen LogP contribution >= 0.6 is 0 Å². The number of piperidine rings is 1. The molecule has 0 spiro atoms. The lowest BCUT2D eigenvalue weighted by Crippen LogP contribution is -2.45. The number of carbonyl (C=O) groups excluding carboxylic acids is 1. The van der Waals surface area contributed by atoms with Crippen LogP contribution in [0.1, 0.15) is 36.1 Å². The Labute approximate surface area is 148 Å². The van der Waals surface area contributed by atoms with Gasteiger partial charge >= 0.3 is 18.1 Å². The summed E-state index contributed by atoms with van der Waals surface area (Å²) in [5, 5.41) is 9.40. The first kappa shape index (κ1) is 18.2. The second-order valence-electron chi connectivity index (χ2n) is 6.20. The number of aromatic nitrogens is 2. The third-order valence-corrected chi connectivity index (χ3v) is 4.27. The molecule has 9 heteroatoms. The Bertz CT molecular complexity index is 733. The van der Waals surface area contributed by atoms with Crippen LogP contribution in [-0.2, 0) is 12.6 Å². The minimum Gasteiger partial charge on any atom is -0.417 e. The van der Waals surface area contributed by atoms with E-state index in [0.29, 0.717) is 32.4 Å². The maximum absolute atomic E-state index is 12.6. The average molecular weight is 368 g/mol. The number of nitrogens with one attached hydrogen (secondary N) is 1. The molecule has 2 heterocycles. The van der Waals surface area contributed by atoms with E-state index in [1.54, 1.807) is 4.90 Å². The van der Waals surface area contributed by atoms with Gasteiger partial charge < -0.3 is 14.6 Å². The number of halogens is 3. The lowest BCUT2D eigenvalue weighted by Gasteiger charge is -2.31. The highest BCUT2D eigenvalue weighted by atomic mass is 19.4. The van der Waals surface area contributed by atoms with E-state index >= 15 is 0 Å². The zero-order valence-corrected chi connectivity index (χ0v) is 14.0. The molecule has 0 saturated carbocycles. The summed E-state index contributed by atoms with van der Waals surface area (Å²) in [6.07, 6.45) is -2.68. The molecule has 26 heavy (non-hydrogen) atoms. The fourth-order valence-electron chi connectivity index (χ4n) is 2.95. The monoisotopic (exact) mass is 368 g/mol. The molecule has 1 aromatic carbocycles. The van der Waals surface area contributed by atoms with Gasteiger partial charge in [0, 0.05) is 19.6 Å². The normalized spacial score (nSPS) is 18.0. The van der Waals surface area contributed by atoms with E-state index in [2.05, 4.69) is 15.5 Å². The van der Waals surface area contributed by atoms with Crippen molar-refractivity contribution in [2.75, 3.05) is 19.6 Å². The molecule has 1 aliphatic heterocycles. The first-order valence-corrected chi connectivity index (χ1v) is 8.41. The number of amides is 2. The molecule has 1 aliphatic rings. The minimum absolute atomic E-state index is 0.0703. The maximum atomic E-state index is 12.6. The van der Waals surface area contributed by atoms with Gasteiger partial charge in [0.1, 0.15) is 0 Å². The number of hydrogen-bond acceptors (Lipinski definition) is 4. The molecule has 1 fully saturated rings. The smallest absolute Gasteiger partial charge is 0.417 e. The van der Waals surface area contributed by atoms with Crippen LogP contribution in [0.4, 0.5) is 18.0 Å². The highest BCUT2D eigenvalue weighted by Crippen LogP contribution is 2.31. The van der Waals surface area contributed by atoms with Crippen molar-refractivity contribution in [3.05, 3.63) is 47.7 Å². The largest absolute Gasteiger partial charge is 0.470 e. The first-order chi connectivity index (χ1) is 12.4. The second kappa shape index (κ2) is 7.76. The molecule has 2 aromatic rings. The average Bonchev–Trinajstić information content (AvgIpc) is 3.13. The molecule has 0 radical (unpaired) electrons. The molecule has 1 aromatic heterocycles. The van der Waals surface area contributed by atoms with Crippen molar-refractivity contribution < 1.29 is 22.4 Å². The van der Waals surface area contributed by atoms with Crippen LogP contribution in [0.3, 0.4) is 0 Å². The molecule has 3 rings (SSSR count). The Balaban J connectivity index is 1.52. The summed E-state index contributed by atoms with van der Waals surface area (Å²) in [5.74, 6) is -1.80. The summed E-state index contributed by atoms with van der Waals surface area (Å²) in [5.41, 5.74) is 1.12. The molecule has 140 valence electrons. The van der Waals surface area contributed by atoms with Gasteiger partial charge in [0.25, 0.3) is 0 Å². The van der Waals surface area contributed by atoms with Gasteiger partial charge in [-0.05, 0) is 24.8 Å². The second-order valence-corrected chi connectivity index (χ2v) is 6.20. The Morgan fingerprint density at radius 1 is 1.27 bits per heavy atom. The highest BCUT2D eigenvalue weighted by molar-refractivity contribution is 5.74. The molecular formula is C17H19F3N4O2. The molecule has 1 N–H and O–H groups in total. The quantitative estimate of drug-likeness (QED) is 0.900. The minimum atomic E-state index is -4.66. The summed E-state index contributed by atoms with van der Waals surface area (Å²) >= 11 is 0. The molecule has 0 aliphatic carbocycles. The van der Waals surface area contributed by atoms with Crippen LogP contribution < -0.4 is 5.32 Å². The predicted molar refractivity (Wildman–Crippen MR) is 86.4 cm³/mol.